The van der Waals surface area contributed by atoms with E-state index in [1.165, 1.54) is 11.4 Å². The molecule has 1 unspecified atom stereocenters. The van der Waals surface area contributed by atoms with Gasteiger partial charge in [-0.3, -0.25) is 4.68 Å². The predicted molar refractivity (Wildman–Crippen MR) is 77.5 cm³/mol. The van der Waals surface area contributed by atoms with Gasteiger partial charge in [0.25, 0.3) is 0 Å². The zero-order valence-corrected chi connectivity index (χ0v) is 12.7. The Kier molecular flexibility index (Phi) is 4.47. The highest BCUT2D eigenvalue weighted by molar-refractivity contribution is 5.51. The van der Waals surface area contributed by atoms with Gasteiger partial charge in [0.2, 0.25) is 0 Å². The molecule has 1 aromatic rings. The fourth-order valence-corrected chi connectivity index (χ4v) is 2.60. The van der Waals surface area contributed by atoms with Gasteiger partial charge < -0.3 is 15.0 Å². The Labute approximate surface area is 115 Å². The Hall–Kier alpha value is -1.07. The quantitative estimate of drug-likeness (QED) is 0.896. The number of hydrogen-bond acceptors (Lipinski definition) is 4. The maximum atomic E-state index is 5.53. The number of nitrogens with zero attached hydrogens (tertiary/aromatic N) is 3. The van der Waals surface area contributed by atoms with Crippen LogP contribution in [0.5, 0.6) is 0 Å². The van der Waals surface area contributed by atoms with Gasteiger partial charge in [0, 0.05) is 31.7 Å². The van der Waals surface area contributed by atoms with Gasteiger partial charge in [0.05, 0.1) is 24.9 Å². The Morgan fingerprint density at radius 1 is 1.47 bits per heavy atom. The van der Waals surface area contributed by atoms with Crippen LogP contribution in [0.15, 0.2) is 0 Å². The lowest BCUT2D eigenvalue weighted by Crippen LogP contribution is -2.45. The smallest absolute Gasteiger partial charge is 0.131 e. The number of hydrogen-bond donors (Lipinski definition) is 1. The summed E-state index contributed by atoms with van der Waals surface area (Å²) in [7, 11) is 2.03. The van der Waals surface area contributed by atoms with Gasteiger partial charge in [-0.15, -0.1) is 0 Å². The van der Waals surface area contributed by atoms with Crippen molar-refractivity contribution in [2.45, 2.75) is 46.3 Å². The van der Waals surface area contributed by atoms with Gasteiger partial charge >= 0.3 is 0 Å². The first-order chi connectivity index (χ1) is 9.00. The molecule has 2 heterocycles. The third-order valence-electron chi connectivity index (χ3n) is 3.64. The van der Waals surface area contributed by atoms with Crippen LogP contribution >= 0.6 is 0 Å². The second-order valence-corrected chi connectivity index (χ2v) is 5.66. The van der Waals surface area contributed by atoms with Crippen LogP contribution < -0.4 is 10.2 Å². The van der Waals surface area contributed by atoms with Gasteiger partial charge in [-0.2, -0.15) is 5.10 Å². The molecule has 2 rings (SSSR count). The molecule has 1 atom stereocenters. The summed E-state index contributed by atoms with van der Waals surface area (Å²) in [6, 6.07) is 0.885. The zero-order valence-electron chi connectivity index (χ0n) is 12.7. The molecule has 1 saturated heterocycles. The van der Waals surface area contributed by atoms with Gasteiger partial charge in [-0.05, 0) is 13.8 Å². The van der Waals surface area contributed by atoms with E-state index in [9.17, 15) is 0 Å². The Morgan fingerprint density at radius 3 is 2.84 bits per heavy atom. The Bertz CT molecular complexity index is 427. The lowest BCUT2D eigenvalue weighted by molar-refractivity contribution is 0.0980. The minimum atomic E-state index is 0.404. The van der Waals surface area contributed by atoms with Crippen LogP contribution in [0.25, 0.3) is 0 Å². The molecule has 19 heavy (non-hydrogen) atoms. The van der Waals surface area contributed by atoms with E-state index in [4.69, 9.17) is 4.74 Å². The molecule has 0 amide bonds. The molecule has 1 fully saturated rings. The van der Waals surface area contributed by atoms with Crippen LogP contribution in [0.2, 0.25) is 0 Å². The third kappa shape index (κ3) is 3.09. The van der Waals surface area contributed by atoms with Gasteiger partial charge in [0.15, 0.2) is 0 Å². The maximum Gasteiger partial charge on any atom is 0.131 e. The van der Waals surface area contributed by atoms with Crippen molar-refractivity contribution < 1.29 is 4.74 Å². The predicted octanol–water partition coefficient (Wildman–Crippen LogP) is 1.45. The van der Waals surface area contributed by atoms with Crippen LogP contribution in [0, 0.1) is 6.92 Å². The molecule has 5 nitrogen and oxygen atoms in total. The highest BCUT2D eigenvalue weighted by Crippen LogP contribution is 2.26. The summed E-state index contributed by atoms with van der Waals surface area (Å²) in [5.74, 6) is 1.24. The Balaban J connectivity index is 2.27. The number of ether oxygens (including phenoxy) is 1. The minimum absolute atomic E-state index is 0.404. The topological polar surface area (TPSA) is 42.3 Å². The summed E-state index contributed by atoms with van der Waals surface area (Å²) in [4.78, 5) is 2.42. The highest BCUT2D eigenvalue weighted by atomic mass is 16.5. The molecule has 1 aromatic heterocycles. The van der Waals surface area contributed by atoms with E-state index in [0.717, 1.165) is 32.0 Å². The summed E-state index contributed by atoms with van der Waals surface area (Å²) in [5.41, 5.74) is 2.43. The first-order valence-corrected chi connectivity index (χ1v) is 7.11. The van der Waals surface area contributed by atoms with Crippen LogP contribution in [0.4, 0.5) is 5.82 Å². The SMILES string of the molecule is Cc1nn(C)c(N2CCOCC2C)c1CNC(C)C. The summed E-state index contributed by atoms with van der Waals surface area (Å²) in [5, 5.41) is 8.09. The molecule has 1 N–H and O–H groups in total. The molecule has 0 bridgehead atoms. The molecule has 0 radical (unpaired) electrons. The van der Waals surface area contributed by atoms with Crippen molar-refractivity contribution in [3.05, 3.63) is 11.3 Å². The summed E-state index contributed by atoms with van der Waals surface area (Å²) >= 11 is 0. The van der Waals surface area contributed by atoms with E-state index in [-0.39, 0.29) is 0 Å². The molecular weight excluding hydrogens is 240 g/mol. The molecule has 0 saturated carbocycles. The van der Waals surface area contributed by atoms with Crippen LogP contribution in [0.1, 0.15) is 32.0 Å². The van der Waals surface area contributed by atoms with E-state index in [2.05, 4.69) is 43.0 Å². The highest BCUT2D eigenvalue weighted by Gasteiger charge is 2.25. The van der Waals surface area contributed by atoms with E-state index in [1.807, 2.05) is 11.7 Å². The monoisotopic (exact) mass is 266 g/mol. The average Bonchev–Trinajstić information content (AvgIpc) is 2.62. The van der Waals surface area contributed by atoms with E-state index < -0.39 is 0 Å². The maximum absolute atomic E-state index is 5.53. The lowest BCUT2D eigenvalue weighted by atomic mass is 10.1. The standard InChI is InChI=1S/C14H26N4O/c1-10(2)15-8-13-12(4)16-17(5)14(13)18-6-7-19-9-11(18)3/h10-11,15H,6-9H2,1-5H3. The first kappa shape index (κ1) is 14.3. The van der Waals surface area contributed by atoms with Gasteiger partial charge in [0.1, 0.15) is 5.82 Å². The summed E-state index contributed by atoms with van der Waals surface area (Å²) in [6.07, 6.45) is 0. The molecule has 108 valence electrons. The van der Waals surface area contributed by atoms with Crippen LogP contribution in [-0.2, 0) is 18.3 Å². The fourth-order valence-electron chi connectivity index (χ4n) is 2.60. The molecule has 5 heteroatoms. The number of anilines is 1. The van der Waals surface area contributed by atoms with E-state index in [1.54, 1.807) is 0 Å². The molecule has 0 spiro atoms. The summed E-state index contributed by atoms with van der Waals surface area (Å²) < 4.78 is 7.54. The largest absolute Gasteiger partial charge is 0.377 e. The normalized spacial score (nSPS) is 20.3. The fraction of sp³-hybridized carbons (Fsp3) is 0.786. The van der Waals surface area contributed by atoms with E-state index >= 15 is 0 Å². The minimum Gasteiger partial charge on any atom is -0.377 e. The molecule has 0 aromatic carbocycles. The Morgan fingerprint density at radius 2 is 2.21 bits per heavy atom. The van der Waals surface area contributed by atoms with Crippen LogP contribution in [0.3, 0.4) is 0 Å². The van der Waals surface area contributed by atoms with Crippen molar-refractivity contribution in [3.8, 4) is 0 Å². The van der Waals surface area contributed by atoms with Crippen molar-refractivity contribution in [2.75, 3.05) is 24.7 Å². The third-order valence-corrected chi connectivity index (χ3v) is 3.64. The molecule has 1 aliphatic rings. The molecular formula is C14H26N4O. The van der Waals surface area contributed by atoms with Crippen molar-refractivity contribution in [3.63, 3.8) is 0 Å². The lowest BCUT2D eigenvalue weighted by Gasteiger charge is -2.35. The van der Waals surface area contributed by atoms with Crippen molar-refractivity contribution >= 4 is 5.82 Å². The van der Waals surface area contributed by atoms with Crippen molar-refractivity contribution in [1.82, 2.24) is 15.1 Å². The first-order valence-electron chi connectivity index (χ1n) is 7.11. The second kappa shape index (κ2) is 5.92. The molecule has 1 aliphatic heterocycles. The van der Waals surface area contributed by atoms with Gasteiger partial charge in [-0.25, -0.2) is 0 Å². The van der Waals surface area contributed by atoms with Crippen molar-refractivity contribution in [2.24, 2.45) is 7.05 Å². The van der Waals surface area contributed by atoms with Gasteiger partial charge in [-0.1, -0.05) is 13.8 Å². The average molecular weight is 266 g/mol. The molecule has 0 aliphatic carbocycles. The van der Waals surface area contributed by atoms with E-state index in [0.29, 0.717) is 12.1 Å². The number of rotatable bonds is 4. The number of morpholine rings is 1. The number of nitrogens with one attached hydrogen (secondary N) is 1. The second-order valence-electron chi connectivity index (χ2n) is 5.66. The number of aryl methyl sites for hydroxylation is 2. The van der Waals surface area contributed by atoms with Crippen LogP contribution in [-0.4, -0.2) is 41.6 Å². The van der Waals surface area contributed by atoms with Crippen molar-refractivity contribution in [1.29, 1.82) is 0 Å². The summed E-state index contributed by atoms with van der Waals surface area (Å²) in [6.45, 7) is 12.0. The zero-order chi connectivity index (χ0) is 14.0. The number of aromatic nitrogens is 2.